The number of nitro benzene ring substituents is 1. The highest BCUT2D eigenvalue weighted by atomic mass is 32.2. The van der Waals surface area contributed by atoms with E-state index < -0.39 is 0 Å². The minimum Gasteiger partial charge on any atom is -0.258 e. The van der Waals surface area contributed by atoms with Crippen LogP contribution in [0.25, 0.3) is 0 Å². The number of hydrogen-bond acceptors (Lipinski definition) is 3. The molecule has 1 aliphatic rings. The molecule has 20 heavy (non-hydrogen) atoms. The molecule has 0 saturated heterocycles. The third-order valence-electron chi connectivity index (χ3n) is 4.25. The molecule has 0 radical (unpaired) electrons. The highest BCUT2D eigenvalue weighted by molar-refractivity contribution is 7.99. The highest BCUT2D eigenvalue weighted by Gasteiger charge is 2.24. The molecule has 0 saturated carbocycles. The number of para-hydroxylation sites is 1. The van der Waals surface area contributed by atoms with E-state index in [1.165, 1.54) is 22.3 Å². The van der Waals surface area contributed by atoms with Crippen LogP contribution in [-0.4, -0.2) is 10.7 Å². The average molecular weight is 289 g/mol. The SMILES string of the molecule is CC1=C(C)C(C)C(CSc2ccccc2[N+](=O)[O-])=C1C. The molecule has 0 fully saturated rings. The first-order valence-electron chi connectivity index (χ1n) is 6.67. The van der Waals surface area contributed by atoms with E-state index in [2.05, 4.69) is 27.7 Å². The molecule has 0 aromatic heterocycles. The molecule has 2 rings (SSSR count). The van der Waals surface area contributed by atoms with Gasteiger partial charge in [0.1, 0.15) is 0 Å². The summed E-state index contributed by atoms with van der Waals surface area (Å²) in [4.78, 5) is 11.5. The van der Waals surface area contributed by atoms with E-state index in [1.807, 2.05) is 12.1 Å². The van der Waals surface area contributed by atoms with Gasteiger partial charge in [-0.2, -0.15) is 0 Å². The molecule has 1 aliphatic carbocycles. The van der Waals surface area contributed by atoms with Crippen LogP contribution in [-0.2, 0) is 0 Å². The molecular formula is C16H19NO2S. The molecule has 1 unspecified atom stereocenters. The van der Waals surface area contributed by atoms with E-state index in [-0.39, 0.29) is 10.6 Å². The van der Waals surface area contributed by atoms with Crippen LogP contribution in [0.1, 0.15) is 27.7 Å². The Balaban J connectivity index is 2.17. The van der Waals surface area contributed by atoms with Crippen LogP contribution < -0.4 is 0 Å². The van der Waals surface area contributed by atoms with Crippen molar-refractivity contribution >= 4 is 17.4 Å². The van der Waals surface area contributed by atoms with Crippen LogP contribution in [0, 0.1) is 16.0 Å². The molecule has 0 amide bonds. The topological polar surface area (TPSA) is 43.1 Å². The minimum atomic E-state index is -0.309. The van der Waals surface area contributed by atoms with Gasteiger partial charge in [0.2, 0.25) is 0 Å². The number of rotatable bonds is 4. The fourth-order valence-electron chi connectivity index (χ4n) is 2.57. The van der Waals surface area contributed by atoms with Crippen LogP contribution in [0.2, 0.25) is 0 Å². The van der Waals surface area contributed by atoms with Gasteiger partial charge in [0.15, 0.2) is 0 Å². The fourth-order valence-corrected chi connectivity index (χ4v) is 3.81. The zero-order valence-corrected chi connectivity index (χ0v) is 13.1. The number of hydrogen-bond donors (Lipinski definition) is 0. The molecule has 106 valence electrons. The van der Waals surface area contributed by atoms with E-state index in [1.54, 1.807) is 23.9 Å². The maximum atomic E-state index is 11.0. The van der Waals surface area contributed by atoms with Crippen molar-refractivity contribution in [2.75, 3.05) is 5.75 Å². The highest BCUT2D eigenvalue weighted by Crippen LogP contribution is 2.40. The summed E-state index contributed by atoms with van der Waals surface area (Å²) >= 11 is 1.56. The molecule has 0 spiro atoms. The summed E-state index contributed by atoms with van der Waals surface area (Å²) in [5.41, 5.74) is 5.73. The Morgan fingerprint density at radius 3 is 2.40 bits per heavy atom. The van der Waals surface area contributed by atoms with Gasteiger partial charge in [-0.25, -0.2) is 0 Å². The summed E-state index contributed by atoms with van der Waals surface area (Å²) < 4.78 is 0. The Labute approximate surface area is 123 Å². The predicted octanol–water partition coefficient (Wildman–Crippen LogP) is 4.99. The normalized spacial score (nSPS) is 18.9. The Hall–Kier alpha value is -1.55. The second kappa shape index (κ2) is 5.83. The Morgan fingerprint density at radius 1 is 1.20 bits per heavy atom. The number of nitro groups is 1. The monoisotopic (exact) mass is 289 g/mol. The number of benzene rings is 1. The molecule has 0 aliphatic heterocycles. The Kier molecular flexibility index (Phi) is 4.33. The Morgan fingerprint density at radius 2 is 1.85 bits per heavy atom. The van der Waals surface area contributed by atoms with Crippen molar-refractivity contribution in [1.82, 2.24) is 0 Å². The van der Waals surface area contributed by atoms with Crippen LogP contribution in [0.4, 0.5) is 5.69 Å². The van der Waals surface area contributed by atoms with Gasteiger partial charge in [-0.1, -0.05) is 24.6 Å². The van der Waals surface area contributed by atoms with Gasteiger partial charge in [-0.15, -0.1) is 11.8 Å². The summed E-state index contributed by atoms with van der Waals surface area (Å²) in [6.07, 6.45) is 0. The first-order chi connectivity index (χ1) is 9.43. The summed E-state index contributed by atoms with van der Waals surface area (Å²) in [5.74, 6) is 1.26. The van der Waals surface area contributed by atoms with Crippen LogP contribution in [0.15, 0.2) is 51.5 Å². The zero-order valence-electron chi connectivity index (χ0n) is 12.3. The van der Waals surface area contributed by atoms with Crippen molar-refractivity contribution in [2.24, 2.45) is 5.92 Å². The second-order valence-electron chi connectivity index (χ2n) is 5.19. The van der Waals surface area contributed by atoms with E-state index in [4.69, 9.17) is 0 Å². The van der Waals surface area contributed by atoms with Crippen molar-refractivity contribution in [3.8, 4) is 0 Å². The van der Waals surface area contributed by atoms with Crippen molar-refractivity contribution in [2.45, 2.75) is 32.6 Å². The molecule has 1 atom stereocenters. The molecule has 1 aromatic rings. The Bertz CT molecular complexity index is 617. The lowest BCUT2D eigenvalue weighted by molar-refractivity contribution is -0.387. The van der Waals surface area contributed by atoms with Gasteiger partial charge in [0.25, 0.3) is 5.69 Å². The van der Waals surface area contributed by atoms with Gasteiger partial charge in [0, 0.05) is 11.8 Å². The maximum Gasteiger partial charge on any atom is 0.282 e. The summed E-state index contributed by atoms with van der Waals surface area (Å²) in [6.45, 7) is 8.69. The third-order valence-corrected chi connectivity index (χ3v) is 5.36. The largest absolute Gasteiger partial charge is 0.282 e. The summed E-state index contributed by atoms with van der Waals surface area (Å²) in [7, 11) is 0. The zero-order chi connectivity index (χ0) is 14.9. The lowest BCUT2D eigenvalue weighted by atomic mass is 10.00. The molecule has 3 nitrogen and oxygen atoms in total. The van der Waals surface area contributed by atoms with Crippen molar-refractivity contribution in [1.29, 1.82) is 0 Å². The van der Waals surface area contributed by atoms with Gasteiger partial charge in [0.05, 0.1) is 9.82 Å². The van der Waals surface area contributed by atoms with Crippen LogP contribution in [0.5, 0.6) is 0 Å². The van der Waals surface area contributed by atoms with Gasteiger partial charge in [-0.05, 0) is 49.5 Å². The van der Waals surface area contributed by atoms with Gasteiger partial charge >= 0.3 is 0 Å². The number of thioether (sulfide) groups is 1. The maximum absolute atomic E-state index is 11.0. The minimum absolute atomic E-state index is 0.197. The lowest BCUT2D eigenvalue weighted by Gasteiger charge is -2.12. The van der Waals surface area contributed by atoms with Gasteiger partial charge < -0.3 is 0 Å². The first-order valence-corrected chi connectivity index (χ1v) is 7.65. The average Bonchev–Trinajstić information content (AvgIpc) is 2.61. The van der Waals surface area contributed by atoms with Crippen molar-refractivity contribution < 1.29 is 4.92 Å². The molecule has 0 heterocycles. The van der Waals surface area contributed by atoms with E-state index in [9.17, 15) is 10.1 Å². The second-order valence-corrected chi connectivity index (χ2v) is 6.21. The third kappa shape index (κ3) is 2.66. The first kappa shape index (κ1) is 14.9. The molecule has 0 N–H and O–H groups in total. The van der Waals surface area contributed by atoms with Crippen molar-refractivity contribution in [3.05, 3.63) is 56.7 Å². The van der Waals surface area contributed by atoms with E-state index in [0.29, 0.717) is 5.92 Å². The molecule has 1 aromatic carbocycles. The lowest BCUT2D eigenvalue weighted by Crippen LogP contribution is -2.00. The van der Waals surface area contributed by atoms with Gasteiger partial charge in [-0.3, -0.25) is 10.1 Å². The molecule has 4 heteroatoms. The van der Waals surface area contributed by atoms with Crippen LogP contribution in [0.3, 0.4) is 0 Å². The smallest absolute Gasteiger partial charge is 0.258 e. The summed E-state index contributed by atoms with van der Waals surface area (Å²) in [5, 5.41) is 11.0. The predicted molar refractivity (Wildman–Crippen MR) is 84.1 cm³/mol. The molecule has 0 bridgehead atoms. The quantitative estimate of drug-likeness (QED) is 0.445. The van der Waals surface area contributed by atoms with E-state index >= 15 is 0 Å². The van der Waals surface area contributed by atoms with Crippen LogP contribution >= 0.6 is 11.8 Å². The summed E-state index contributed by atoms with van der Waals surface area (Å²) in [6, 6.07) is 6.95. The number of nitrogens with zero attached hydrogens (tertiary/aromatic N) is 1. The molecular weight excluding hydrogens is 270 g/mol. The fraction of sp³-hybridized carbons (Fsp3) is 0.375. The van der Waals surface area contributed by atoms with Crippen molar-refractivity contribution in [3.63, 3.8) is 0 Å². The number of allylic oxidation sites excluding steroid dienone is 3. The van der Waals surface area contributed by atoms with E-state index in [0.717, 1.165) is 10.6 Å². The standard InChI is InChI=1S/C16H19NO2S/c1-10-11(2)13(4)14(12(10)3)9-20-16-8-6-5-7-15(16)17(18)19/h5-8,12H,9H2,1-4H3.